The number of rotatable bonds is 0. The van der Waals surface area contributed by atoms with Gasteiger partial charge in [-0.3, -0.25) is 8.42 Å². The SMILES string of the molecule is O=S(=O)([O-])[O-].[Ba+2].[Bi+3]. The predicted molar refractivity (Wildman–Crippen MR) is 22.0 cm³/mol. The summed E-state index contributed by atoms with van der Waals surface area (Å²) in [7, 11) is -5.17. The molecular formula is BaBiO4S+3. The zero-order chi connectivity index (χ0) is 4.50. The molecule has 0 aliphatic rings. The maximum Gasteiger partial charge on any atom is 3.00 e. The van der Waals surface area contributed by atoms with Crippen LogP contribution < -0.4 is 0 Å². The number of hydrogen-bond acceptors (Lipinski definition) is 4. The molecule has 34 valence electrons. The average Bonchev–Trinajstić information content (AvgIpc) is 0.722. The fraction of sp³-hybridized carbons (Fsp3) is 0. The Morgan fingerprint density at radius 3 is 1.14 bits per heavy atom. The molecule has 0 rings (SSSR count). The predicted octanol–water partition coefficient (Wildman–Crippen LogP) is -2.10. The summed E-state index contributed by atoms with van der Waals surface area (Å²) >= 11 is 0. The average molecular weight is 442 g/mol. The normalized spacial score (nSPS) is 8.29. The molecule has 0 aromatic heterocycles. The summed E-state index contributed by atoms with van der Waals surface area (Å²) in [5.74, 6) is 0. The van der Waals surface area contributed by atoms with Crippen molar-refractivity contribution >= 4 is 85.5 Å². The summed E-state index contributed by atoms with van der Waals surface area (Å²) in [4.78, 5) is 0. The summed E-state index contributed by atoms with van der Waals surface area (Å²) in [6.45, 7) is 0. The molecule has 4 nitrogen and oxygen atoms in total. The zero-order valence-electron chi connectivity index (χ0n) is 3.20. The van der Waals surface area contributed by atoms with E-state index in [4.69, 9.17) is 17.5 Å². The van der Waals surface area contributed by atoms with Crippen molar-refractivity contribution in [1.29, 1.82) is 0 Å². The molecule has 0 aromatic rings. The fourth-order valence-electron chi connectivity index (χ4n) is 0. The van der Waals surface area contributed by atoms with Crippen LogP contribution in [0.4, 0.5) is 0 Å². The van der Waals surface area contributed by atoms with Gasteiger partial charge in [0.2, 0.25) is 0 Å². The molecule has 0 saturated heterocycles. The maximum atomic E-state index is 8.52. The quantitative estimate of drug-likeness (QED) is 0.245. The van der Waals surface area contributed by atoms with Gasteiger partial charge < -0.3 is 9.11 Å². The molecule has 0 bridgehead atoms. The van der Waals surface area contributed by atoms with Crippen molar-refractivity contribution in [3.63, 3.8) is 0 Å². The smallest absolute Gasteiger partial charge is 0.759 e. The first-order valence-corrected chi connectivity index (χ1v) is 2.00. The second kappa shape index (κ2) is 6.44. The van der Waals surface area contributed by atoms with E-state index < -0.39 is 10.4 Å². The topological polar surface area (TPSA) is 80.3 Å². The van der Waals surface area contributed by atoms with E-state index in [9.17, 15) is 0 Å². The largest absolute Gasteiger partial charge is 3.00 e. The van der Waals surface area contributed by atoms with Crippen molar-refractivity contribution in [3.05, 3.63) is 0 Å². The standard InChI is InChI=1S/Ba.Bi.H2O4S/c;;1-5(2,3)4/h;;(H2,1,2,3,4)/q+2;+3;/p-2. The Bertz CT molecular complexity index is 94.9. The van der Waals surface area contributed by atoms with E-state index in [0.717, 1.165) is 0 Å². The first-order valence-electron chi connectivity index (χ1n) is 0.667. The van der Waals surface area contributed by atoms with Crippen LogP contribution in [0.3, 0.4) is 0 Å². The van der Waals surface area contributed by atoms with Crippen LogP contribution >= 0.6 is 0 Å². The van der Waals surface area contributed by atoms with Crippen molar-refractivity contribution in [2.45, 2.75) is 0 Å². The van der Waals surface area contributed by atoms with Gasteiger partial charge in [-0.15, -0.1) is 0 Å². The van der Waals surface area contributed by atoms with Gasteiger partial charge in [-0.05, 0) is 0 Å². The van der Waals surface area contributed by atoms with E-state index in [1.54, 1.807) is 0 Å². The van der Waals surface area contributed by atoms with Crippen LogP contribution in [0.1, 0.15) is 0 Å². The third-order valence-electron chi connectivity index (χ3n) is 0. The van der Waals surface area contributed by atoms with Gasteiger partial charge >= 0.3 is 75.1 Å². The van der Waals surface area contributed by atoms with E-state index >= 15 is 0 Å². The molecule has 7 heavy (non-hydrogen) atoms. The van der Waals surface area contributed by atoms with Gasteiger partial charge in [0.1, 0.15) is 0 Å². The van der Waals surface area contributed by atoms with Crippen LogP contribution in [0.2, 0.25) is 0 Å². The van der Waals surface area contributed by atoms with E-state index in [1.165, 1.54) is 0 Å². The van der Waals surface area contributed by atoms with Gasteiger partial charge in [-0.1, -0.05) is 0 Å². The van der Waals surface area contributed by atoms with Crippen LogP contribution in [-0.4, -0.2) is 92.6 Å². The Kier molecular flexibility index (Phi) is 14.9. The summed E-state index contributed by atoms with van der Waals surface area (Å²) in [6.07, 6.45) is 0. The van der Waals surface area contributed by atoms with Crippen LogP contribution in [0.5, 0.6) is 0 Å². The van der Waals surface area contributed by atoms with Crippen LogP contribution in [0.25, 0.3) is 0 Å². The molecule has 7 heteroatoms. The Hall–Kier alpha value is 2.32. The molecule has 0 atom stereocenters. The maximum absolute atomic E-state index is 8.52. The van der Waals surface area contributed by atoms with Gasteiger partial charge in [0.05, 0.1) is 0 Å². The minimum absolute atomic E-state index is 0. The van der Waals surface area contributed by atoms with E-state index in [-0.39, 0.29) is 75.1 Å². The Labute approximate surface area is 101 Å². The van der Waals surface area contributed by atoms with Gasteiger partial charge in [-0.2, -0.15) is 0 Å². The van der Waals surface area contributed by atoms with Crippen molar-refractivity contribution in [3.8, 4) is 0 Å². The van der Waals surface area contributed by atoms with Gasteiger partial charge in [0.25, 0.3) is 0 Å². The molecule has 2 radical (unpaired) electrons. The van der Waals surface area contributed by atoms with Crippen molar-refractivity contribution in [2.75, 3.05) is 0 Å². The van der Waals surface area contributed by atoms with Gasteiger partial charge in [0, 0.05) is 10.4 Å². The summed E-state index contributed by atoms with van der Waals surface area (Å²) in [5, 5.41) is 0. The first kappa shape index (κ1) is 16.2. The zero-order valence-corrected chi connectivity index (χ0v) is 11.9. The third-order valence-corrected chi connectivity index (χ3v) is 0. The van der Waals surface area contributed by atoms with Crippen molar-refractivity contribution in [2.24, 2.45) is 0 Å². The summed E-state index contributed by atoms with van der Waals surface area (Å²) in [6, 6.07) is 0. The minimum Gasteiger partial charge on any atom is -0.759 e. The van der Waals surface area contributed by atoms with Crippen LogP contribution in [0, 0.1) is 0 Å². The molecule has 0 aliphatic heterocycles. The van der Waals surface area contributed by atoms with E-state index in [2.05, 4.69) is 0 Å². The monoisotopic (exact) mass is 443 g/mol. The molecular weight excluding hydrogens is 442 g/mol. The molecule has 0 saturated carbocycles. The van der Waals surface area contributed by atoms with Gasteiger partial charge in [-0.25, -0.2) is 0 Å². The third kappa shape index (κ3) is 61.6. The van der Waals surface area contributed by atoms with Crippen LogP contribution in [-0.2, 0) is 10.4 Å². The van der Waals surface area contributed by atoms with E-state index in [1.807, 2.05) is 0 Å². The Morgan fingerprint density at radius 1 is 1.14 bits per heavy atom. The molecule has 0 aromatic carbocycles. The van der Waals surface area contributed by atoms with Crippen LogP contribution in [0.15, 0.2) is 0 Å². The molecule has 0 fully saturated rings. The van der Waals surface area contributed by atoms with E-state index in [0.29, 0.717) is 0 Å². The Balaban J connectivity index is -0.0000000800. The first-order chi connectivity index (χ1) is 2.00. The molecule has 0 heterocycles. The summed E-state index contributed by atoms with van der Waals surface area (Å²) in [5.41, 5.74) is 0. The minimum atomic E-state index is -5.17. The summed E-state index contributed by atoms with van der Waals surface area (Å²) < 4.78 is 34.1. The fourth-order valence-corrected chi connectivity index (χ4v) is 0. The Morgan fingerprint density at radius 2 is 1.14 bits per heavy atom. The molecule has 0 spiro atoms. The van der Waals surface area contributed by atoms with Gasteiger partial charge in [0.15, 0.2) is 0 Å². The molecule has 0 aliphatic carbocycles. The van der Waals surface area contributed by atoms with Crippen molar-refractivity contribution in [1.82, 2.24) is 0 Å². The second-order valence-corrected chi connectivity index (χ2v) is 1.22. The van der Waals surface area contributed by atoms with Crippen molar-refractivity contribution < 1.29 is 17.5 Å². The molecule has 0 unspecified atom stereocenters. The number of hydrogen-bond donors (Lipinski definition) is 0. The molecule has 0 amide bonds. The second-order valence-electron chi connectivity index (χ2n) is 0.408. The molecule has 0 N–H and O–H groups in total.